The molecule has 1 rings (SSSR count). The second kappa shape index (κ2) is 10.2. The van der Waals surface area contributed by atoms with Crippen LogP contribution in [0.25, 0.3) is 0 Å². The van der Waals surface area contributed by atoms with Crippen LogP contribution in [0.15, 0.2) is 30.3 Å². The fourth-order valence-corrected chi connectivity index (χ4v) is 3.03. The first-order valence-electron chi connectivity index (χ1n) is 8.08. The summed E-state index contributed by atoms with van der Waals surface area (Å²) in [6, 6.07) is 10.2. The van der Waals surface area contributed by atoms with E-state index in [0.717, 1.165) is 18.4 Å². The Kier molecular flexibility index (Phi) is 8.97. The standard InChI is InChI=1S/C18H29ClO/c1-2-3-4-5-6-7-11-14-18(19,15-16-20)17-12-9-8-10-13-17/h8-10,12-13,20H,2-7,11,14-16H2,1H3. The van der Waals surface area contributed by atoms with Gasteiger partial charge in [-0.3, -0.25) is 0 Å². The third-order valence-corrected chi connectivity index (χ3v) is 4.57. The Morgan fingerprint density at radius 1 is 0.900 bits per heavy atom. The molecule has 1 nitrogen and oxygen atoms in total. The van der Waals surface area contributed by atoms with Gasteiger partial charge >= 0.3 is 0 Å². The van der Waals surface area contributed by atoms with Crippen LogP contribution in [0.3, 0.4) is 0 Å². The molecule has 0 aliphatic rings. The molecule has 0 aliphatic heterocycles. The molecule has 0 aromatic heterocycles. The lowest BCUT2D eigenvalue weighted by molar-refractivity contribution is 0.260. The quantitative estimate of drug-likeness (QED) is 0.413. The number of aliphatic hydroxyl groups is 1. The van der Waals surface area contributed by atoms with Crippen LogP contribution in [0.2, 0.25) is 0 Å². The molecule has 1 aromatic rings. The van der Waals surface area contributed by atoms with Crippen LogP contribution in [0.4, 0.5) is 0 Å². The van der Waals surface area contributed by atoms with Crippen molar-refractivity contribution in [3.8, 4) is 0 Å². The van der Waals surface area contributed by atoms with E-state index in [1.165, 1.54) is 38.5 Å². The molecule has 1 aromatic carbocycles. The van der Waals surface area contributed by atoms with Crippen molar-refractivity contribution < 1.29 is 5.11 Å². The van der Waals surface area contributed by atoms with Crippen LogP contribution in [-0.4, -0.2) is 11.7 Å². The van der Waals surface area contributed by atoms with E-state index in [0.29, 0.717) is 6.42 Å². The van der Waals surface area contributed by atoms with Crippen molar-refractivity contribution in [2.45, 2.75) is 69.6 Å². The molecule has 0 heterocycles. The zero-order valence-electron chi connectivity index (χ0n) is 12.8. The Balaban J connectivity index is 2.36. The highest BCUT2D eigenvalue weighted by Crippen LogP contribution is 2.37. The monoisotopic (exact) mass is 296 g/mol. The molecule has 1 unspecified atom stereocenters. The molecule has 0 saturated heterocycles. The zero-order chi connectivity index (χ0) is 14.7. The molecule has 20 heavy (non-hydrogen) atoms. The van der Waals surface area contributed by atoms with E-state index in [1.807, 2.05) is 18.2 Å². The molecule has 2 heteroatoms. The van der Waals surface area contributed by atoms with Crippen LogP contribution in [-0.2, 0) is 4.87 Å². The van der Waals surface area contributed by atoms with E-state index in [2.05, 4.69) is 19.1 Å². The highest BCUT2D eigenvalue weighted by Gasteiger charge is 2.28. The molecule has 0 radical (unpaired) electrons. The fraction of sp³-hybridized carbons (Fsp3) is 0.667. The SMILES string of the molecule is CCCCCCCCCC(Cl)(CCO)c1ccccc1. The van der Waals surface area contributed by atoms with Crippen LogP contribution >= 0.6 is 11.6 Å². The van der Waals surface area contributed by atoms with Gasteiger partial charge in [0.15, 0.2) is 0 Å². The first-order chi connectivity index (χ1) is 9.73. The summed E-state index contributed by atoms with van der Waals surface area (Å²) in [7, 11) is 0. The van der Waals surface area contributed by atoms with E-state index in [-0.39, 0.29) is 11.5 Å². The second-order valence-corrected chi connectivity index (χ2v) is 6.40. The van der Waals surface area contributed by atoms with Crippen molar-refractivity contribution in [1.82, 2.24) is 0 Å². The molecule has 0 aliphatic carbocycles. The molecule has 1 atom stereocenters. The van der Waals surface area contributed by atoms with Gasteiger partial charge in [-0.25, -0.2) is 0 Å². The number of alkyl halides is 1. The highest BCUT2D eigenvalue weighted by molar-refractivity contribution is 6.24. The topological polar surface area (TPSA) is 20.2 Å². The molecular formula is C18H29ClO. The number of unbranched alkanes of at least 4 members (excludes halogenated alkanes) is 6. The average molecular weight is 297 g/mol. The van der Waals surface area contributed by atoms with Gasteiger partial charge in [0.2, 0.25) is 0 Å². The van der Waals surface area contributed by atoms with Gasteiger partial charge in [0.05, 0.1) is 4.87 Å². The fourth-order valence-electron chi connectivity index (χ4n) is 2.69. The maximum atomic E-state index is 9.28. The van der Waals surface area contributed by atoms with Gasteiger partial charge in [-0.15, -0.1) is 11.6 Å². The van der Waals surface area contributed by atoms with Crippen molar-refractivity contribution in [3.63, 3.8) is 0 Å². The van der Waals surface area contributed by atoms with Gasteiger partial charge in [-0.1, -0.05) is 82.2 Å². The summed E-state index contributed by atoms with van der Waals surface area (Å²) < 4.78 is 0. The van der Waals surface area contributed by atoms with Crippen molar-refractivity contribution in [2.75, 3.05) is 6.61 Å². The van der Waals surface area contributed by atoms with E-state index in [9.17, 15) is 5.11 Å². The summed E-state index contributed by atoms with van der Waals surface area (Å²) in [6.07, 6.45) is 10.6. The van der Waals surface area contributed by atoms with E-state index < -0.39 is 0 Å². The number of aliphatic hydroxyl groups excluding tert-OH is 1. The summed E-state index contributed by atoms with van der Waals surface area (Å²) in [5, 5.41) is 9.28. The normalized spacial score (nSPS) is 14.2. The Labute approximate surface area is 129 Å². The lowest BCUT2D eigenvalue weighted by Gasteiger charge is -2.27. The first-order valence-corrected chi connectivity index (χ1v) is 8.46. The van der Waals surface area contributed by atoms with Gasteiger partial charge in [0, 0.05) is 6.61 Å². The molecule has 114 valence electrons. The molecule has 0 fully saturated rings. The van der Waals surface area contributed by atoms with Crippen molar-refractivity contribution in [3.05, 3.63) is 35.9 Å². The number of hydrogen-bond donors (Lipinski definition) is 1. The van der Waals surface area contributed by atoms with Gasteiger partial charge in [-0.05, 0) is 18.4 Å². The predicted octanol–water partition coefficient (Wildman–Crippen LogP) is 5.64. The van der Waals surface area contributed by atoms with Crippen molar-refractivity contribution >= 4 is 11.6 Å². The molecule has 0 saturated carbocycles. The Morgan fingerprint density at radius 2 is 1.50 bits per heavy atom. The summed E-state index contributed by atoms with van der Waals surface area (Å²) in [5.41, 5.74) is 1.14. The smallest absolute Gasteiger partial charge is 0.0716 e. The predicted molar refractivity (Wildman–Crippen MR) is 88.3 cm³/mol. The minimum atomic E-state index is -0.389. The van der Waals surface area contributed by atoms with Gasteiger partial charge in [-0.2, -0.15) is 0 Å². The average Bonchev–Trinajstić information content (AvgIpc) is 2.47. The molecular weight excluding hydrogens is 268 g/mol. The lowest BCUT2D eigenvalue weighted by Crippen LogP contribution is -2.20. The molecule has 1 N–H and O–H groups in total. The van der Waals surface area contributed by atoms with E-state index >= 15 is 0 Å². The molecule has 0 bridgehead atoms. The summed E-state index contributed by atoms with van der Waals surface area (Å²) >= 11 is 6.77. The Morgan fingerprint density at radius 3 is 2.10 bits per heavy atom. The minimum absolute atomic E-state index is 0.148. The largest absolute Gasteiger partial charge is 0.396 e. The third kappa shape index (κ3) is 6.28. The highest BCUT2D eigenvalue weighted by atomic mass is 35.5. The van der Waals surface area contributed by atoms with Crippen molar-refractivity contribution in [2.24, 2.45) is 0 Å². The number of rotatable bonds is 11. The van der Waals surface area contributed by atoms with E-state index in [4.69, 9.17) is 11.6 Å². The Hall–Kier alpha value is -0.530. The maximum Gasteiger partial charge on any atom is 0.0716 e. The van der Waals surface area contributed by atoms with Crippen molar-refractivity contribution in [1.29, 1.82) is 0 Å². The van der Waals surface area contributed by atoms with Crippen LogP contribution in [0, 0.1) is 0 Å². The summed E-state index contributed by atoms with van der Waals surface area (Å²) in [4.78, 5) is -0.389. The summed E-state index contributed by atoms with van der Waals surface area (Å²) in [6.45, 7) is 2.39. The zero-order valence-corrected chi connectivity index (χ0v) is 13.5. The molecule has 0 spiro atoms. The van der Waals surface area contributed by atoms with Crippen LogP contribution < -0.4 is 0 Å². The summed E-state index contributed by atoms with van der Waals surface area (Å²) in [5.74, 6) is 0. The van der Waals surface area contributed by atoms with Gasteiger partial charge in [0.25, 0.3) is 0 Å². The second-order valence-electron chi connectivity index (χ2n) is 5.68. The lowest BCUT2D eigenvalue weighted by atomic mass is 9.89. The minimum Gasteiger partial charge on any atom is -0.396 e. The van der Waals surface area contributed by atoms with Crippen LogP contribution in [0.5, 0.6) is 0 Å². The molecule has 0 amide bonds. The third-order valence-electron chi connectivity index (χ3n) is 3.98. The number of benzene rings is 1. The number of halogens is 1. The number of hydrogen-bond acceptors (Lipinski definition) is 1. The van der Waals surface area contributed by atoms with Crippen LogP contribution in [0.1, 0.15) is 70.3 Å². The van der Waals surface area contributed by atoms with E-state index in [1.54, 1.807) is 0 Å². The maximum absolute atomic E-state index is 9.28. The Bertz CT molecular complexity index is 339. The van der Waals surface area contributed by atoms with Gasteiger partial charge in [0.1, 0.15) is 0 Å². The first kappa shape index (κ1) is 17.5. The van der Waals surface area contributed by atoms with Gasteiger partial charge < -0.3 is 5.11 Å².